The van der Waals surface area contributed by atoms with Gasteiger partial charge in [-0.1, -0.05) is 30.7 Å². The molecule has 20 heavy (non-hydrogen) atoms. The SMILES string of the molecule is NCc1cccc(CC2(C(=O)O)CCCCP2(=O)O)c1. The van der Waals surface area contributed by atoms with Gasteiger partial charge in [0.15, 0.2) is 0 Å². The highest BCUT2D eigenvalue weighted by molar-refractivity contribution is 7.60. The fraction of sp³-hybridized carbons (Fsp3) is 0.500. The van der Waals surface area contributed by atoms with Crippen molar-refractivity contribution in [2.75, 3.05) is 6.16 Å². The van der Waals surface area contributed by atoms with E-state index in [1.165, 1.54) is 0 Å². The van der Waals surface area contributed by atoms with Crippen molar-refractivity contribution in [3.8, 4) is 0 Å². The second kappa shape index (κ2) is 5.68. The molecule has 0 aromatic heterocycles. The fourth-order valence-electron chi connectivity index (χ4n) is 2.88. The van der Waals surface area contributed by atoms with Gasteiger partial charge in [0.2, 0.25) is 7.37 Å². The van der Waals surface area contributed by atoms with E-state index >= 15 is 0 Å². The van der Waals surface area contributed by atoms with Crippen LogP contribution >= 0.6 is 7.37 Å². The standard InChI is InChI=1S/C14H20NO4P/c15-10-12-5-3-4-11(8-12)9-14(13(16)17)6-1-2-7-20(14,18)19/h3-5,8H,1-2,6-7,9-10,15H2,(H,16,17)(H,18,19). The molecule has 6 heteroatoms. The summed E-state index contributed by atoms with van der Waals surface area (Å²) in [4.78, 5) is 21.9. The highest BCUT2D eigenvalue weighted by Gasteiger charge is 2.54. The second-order valence-electron chi connectivity index (χ2n) is 5.42. The van der Waals surface area contributed by atoms with Gasteiger partial charge in [0.05, 0.1) is 0 Å². The van der Waals surface area contributed by atoms with Crippen molar-refractivity contribution in [2.24, 2.45) is 5.73 Å². The predicted molar refractivity (Wildman–Crippen MR) is 76.9 cm³/mol. The summed E-state index contributed by atoms with van der Waals surface area (Å²) in [5.41, 5.74) is 7.23. The van der Waals surface area contributed by atoms with Crippen molar-refractivity contribution in [1.29, 1.82) is 0 Å². The number of benzene rings is 1. The third-order valence-electron chi connectivity index (χ3n) is 4.09. The molecule has 0 aliphatic carbocycles. The topological polar surface area (TPSA) is 101 Å². The van der Waals surface area contributed by atoms with E-state index in [-0.39, 0.29) is 19.0 Å². The maximum absolute atomic E-state index is 12.4. The van der Waals surface area contributed by atoms with E-state index in [1.54, 1.807) is 12.1 Å². The highest BCUT2D eigenvalue weighted by atomic mass is 31.2. The van der Waals surface area contributed by atoms with E-state index in [0.29, 0.717) is 19.4 Å². The van der Waals surface area contributed by atoms with Crippen LogP contribution in [0.5, 0.6) is 0 Å². The number of aliphatic carboxylic acids is 1. The lowest BCUT2D eigenvalue weighted by atomic mass is 9.92. The zero-order valence-electron chi connectivity index (χ0n) is 11.3. The van der Waals surface area contributed by atoms with Crippen molar-refractivity contribution in [1.82, 2.24) is 0 Å². The molecule has 4 N–H and O–H groups in total. The lowest BCUT2D eigenvalue weighted by molar-refractivity contribution is -0.140. The molecule has 1 aromatic carbocycles. The van der Waals surface area contributed by atoms with Crippen LogP contribution in [0.15, 0.2) is 24.3 Å². The first-order chi connectivity index (χ1) is 9.41. The van der Waals surface area contributed by atoms with Gasteiger partial charge in [-0.05, 0) is 30.4 Å². The average molecular weight is 297 g/mol. The minimum absolute atomic E-state index is 0.0873. The molecular formula is C14H20NO4P. The molecule has 1 aliphatic rings. The Morgan fingerprint density at radius 1 is 1.35 bits per heavy atom. The monoisotopic (exact) mass is 297 g/mol. The van der Waals surface area contributed by atoms with Gasteiger partial charge in [-0.25, -0.2) is 0 Å². The zero-order chi connectivity index (χ0) is 14.8. The van der Waals surface area contributed by atoms with Crippen molar-refractivity contribution in [2.45, 2.75) is 37.4 Å². The van der Waals surface area contributed by atoms with E-state index in [0.717, 1.165) is 11.1 Å². The maximum Gasteiger partial charge on any atom is 0.319 e. The van der Waals surface area contributed by atoms with Crippen LogP contribution in [0.25, 0.3) is 0 Å². The summed E-state index contributed by atoms with van der Waals surface area (Å²) in [6.45, 7) is 0.366. The summed E-state index contributed by atoms with van der Waals surface area (Å²) in [5, 5.41) is 8.01. The van der Waals surface area contributed by atoms with E-state index in [1.807, 2.05) is 12.1 Å². The smallest absolute Gasteiger partial charge is 0.319 e. The van der Waals surface area contributed by atoms with Crippen LogP contribution in [0, 0.1) is 0 Å². The Kier molecular flexibility index (Phi) is 4.33. The number of hydrogen-bond donors (Lipinski definition) is 3. The van der Waals surface area contributed by atoms with E-state index in [2.05, 4.69) is 0 Å². The molecule has 2 unspecified atom stereocenters. The maximum atomic E-state index is 12.4. The molecule has 0 spiro atoms. The third-order valence-corrected chi connectivity index (χ3v) is 6.93. The summed E-state index contributed by atoms with van der Waals surface area (Å²) < 4.78 is 12.4. The molecule has 1 fully saturated rings. The molecule has 0 radical (unpaired) electrons. The van der Waals surface area contributed by atoms with Gasteiger partial charge in [-0.2, -0.15) is 0 Å². The lowest BCUT2D eigenvalue weighted by Gasteiger charge is -2.37. The lowest BCUT2D eigenvalue weighted by Crippen LogP contribution is -2.43. The molecule has 0 amide bonds. The number of rotatable bonds is 4. The zero-order valence-corrected chi connectivity index (χ0v) is 12.2. The van der Waals surface area contributed by atoms with Gasteiger partial charge >= 0.3 is 5.97 Å². The Bertz CT molecular complexity index is 560. The van der Waals surface area contributed by atoms with E-state index in [9.17, 15) is 19.4 Å². The Morgan fingerprint density at radius 3 is 2.65 bits per heavy atom. The Balaban J connectivity index is 2.38. The molecule has 5 nitrogen and oxygen atoms in total. The highest BCUT2D eigenvalue weighted by Crippen LogP contribution is 2.61. The predicted octanol–water partition coefficient (Wildman–Crippen LogP) is 1.97. The first-order valence-electron chi connectivity index (χ1n) is 6.74. The second-order valence-corrected chi connectivity index (χ2v) is 8.13. The average Bonchev–Trinajstić information content (AvgIpc) is 2.41. The summed E-state index contributed by atoms with van der Waals surface area (Å²) >= 11 is 0. The van der Waals surface area contributed by atoms with Gasteiger partial charge in [0.25, 0.3) is 0 Å². The van der Waals surface area contributed by atoms with E-state index in [4.69, 9.17) is 5.73 Å². The molecule has 110 valence electrons. The largest absolute Gasteiger partial charge is 0.480 e. The van der Waals surface area contributed by atoms with Crippen molar-refractivity contribution < 1.29 is 19.4 Å². The fourth-order valence-corrected chi connectivity index (χ4v) is 5.20. The van der Waals surface area contributed by atoms with Gasteiger partial charge in [-0.3, -0.25) is 9.36 Å². The number of nitrogens with two attached hydrogens (primary N) is 1. The summed E-state index contributed by atoms with van der Waals surface area (Å²) in [7, 11) is -3.70. The van der Waals surface area contributed by atoms with Gasteiger partial charge in [0, 0.05) is 12.7 Å². The molecule has 1 saturated heterocycles. The van der Waals surface area contributed by atoms with Crippen LogP contribution in [0.3, 0.4) is 0 Å². The summed E-state index contributed by atoms with van der Waals surface area (Å²) in [5.74, 6) is -1.17. The summed E-state index contributed by atoms with van der Waals surface area (Å²) in [6.07, 6.45) is 1.72. The molecule has 2 atom stereocenters. The van der Waals surface area contributed by atoms with Crippen molar-refractivity contribution in [3.63, 3.8) is 0 Å². The first-order valence-corrected chi connectivity index (χ1v) is 8.59. The van der Waals surface area contributed by atoms with Gasteiger partial charge in [-0.15, -0.1) is 0 Å². The van der Waals surface area contributed by atoms with Gasteiger partial charge < -0.3 is 15.7 Å². The van der Waals surface area contributed by atoms with Crippen LogP contribution < -0.4 is 5.73 Å². The Hall–Kier alpha value is -1.16. The quantitative estimate of drug-likeness (QED) is 0.738. The minimum Gasteiger partial charge on any atom is -0.480 e. The Labute approximate surface area is 118 Å². The number of carboxylic acids is 1. The van der Waals surface area contributed by atoms with Crippen LogP contribution in [0.1, 0.15) is 30.4 Å². The molecule has 1 aliphatic heterocycles. The van der Waals surface area contributed by atoms with Crippen LogP contribution in [0.2, 0.25) is 0 Å². The van der Waals surface area contributed by atoms with Crippen LogP contribution in [-0.4, -0.2) is 27.3 Å². The number of carboxylic acid groups (broad SMARTS) is 1. The normalized spacial score (nSPS) is 30.1. The van der Waals surface area contributed by atoms with Crippen LogP contribution in [-0.2, 0) is 22.3 Å². The molecule has 1 aromatic rings. The molecule has 0 bridgehead atoms. The van der Waals surface area contributed by atoms with Crippen molar-refractivity contribution >= 4 is 13.3 Å². The summed E-state index contributed by atoms with van der Waals surface area (Å²) in [6, 6.07) is 7.27. The molecule has 1 heterocycles. The minimum atomic E-state index is -3.70. The third kappa shape index (κ3) is 2.66. The molecule has 2 rings (SSSR count). The molecule has 0 saturated carbocycles. The Morgan fingerprint density at radius 2 is 2.05 bits per heavy atom. The number of hydrogen-bond acceptors (Lipinski definition) is 3. The van der Waals surface area contributed by atoms with Crippen LogP contribution in [0.4, 0.5) is 0 Å². The van der Waals surface area contributed by atoms with Gasteiger partial charge in [0.1, 0.15) is 5.16 Å². The van der Waals surface area contributed by atoms with E-state index < -0.39 is 18.5 Å². The number of carbonyl (C=O) groups is 1. The molecular weight excluding hydrogens is 277 g/mol. The van der Waals surface area contributed by atoms with Crippen molar-refractivity contribution in [3.05, 3.63) is 35.4 Å². The first kappa shape index (κ1) is 15.2.